The van der Waals surface area contributed by atoms with Gasteiger partial charge in [0.2, 0.25) is 24.4 Å². The number of carbonyl (C=O) groups is 3. The summed E-state index contributed by atoms with van der Waals surface area (Å²) in [5.74, 6) is -0.630. The second kappa shape index (κ2) is 13.5. The van der Waals surface area contributed by atoms with Crippen LogP contribution in [-0.2, 0) is 14.4 Å². The third-order valence-corrected chi connectivity index (χ3v) is 8.23. The number of unbranched alkanes of at least 4 members (excludes halogenated alkanes) is 1. The Bertz CT molecular complexity index is 1070. The number of carboxylic acid groups (broad SMARTS) is 1. The first-order valence-electron chi connectivity index (χ1n) is 14.4. The molecule has 0 spiro atoms. The standard InChI is InChI=1S/C29H44N4O7/c1-5-6-11-31(13-8-10-30(2)3)26(35)18-33-16-21(20-14-23(38-4)28-24(15-20)39-19-40-28)27(29(36)37)22(33)17-32-12-7-9-25(32)34/h14-15,21-22,27H,5-13,16-19H2,1-4H3,(H,36,37)/t21-,22+,27?/m1/s1. The van der Waals surface area contributed by atoms with Crippen LogP contribution in [0.5, 0.6) is 17.2 Å². The molecule has 40 heavy (non-hydrogen) atoms. The molecule has 0 aliphatic carbocycles. The fourth-order valence-corrected chi connectivity index (χ4v) is 6.11. The van der Waals surface area contributed by atoms with Crippen molar-refractivity contribution in [2.75, 3.05) is 73.8 Å². The lowest BCUT2D eigenvalue weighted by Gasteiger charge is -2.32. The monoisotopic (exact) mass is 560 g/mol. The molecule has 1 aromatic rings. The average Bonchev–Trinajstić information content (AvgIpc) is 3.64. The quantitative estimate of drug-likeness (QED) is 0.366. The summed E-state index contributed by atoms with van der Waals surface area (Å²) < 4.78 is 16.7. The number of methoxy groups -OCH3 is 1. The summed E-state index contributed by atoms with van der Waals surface area (Å²) in [5.41, 5.74) is 0.759. The average molecular weight is 561 g/mol. The summed E-state index contributed by atoms with van der Waals surface area (Å²) in [4.78, 5) is 46.8. The Labute approximate surface area is 236 Å². The Morgan fingerprint density at radius 3 is 2.58 bits per heavy atom. The number of hydrogen-bond acceptors (Lipinski definition) is 8. The fourth-order valence-electron chi connectivity index (χ4n) is 6.11. The Morgan fingerprint density at radius 2 is 1.93 bits per heavy atom. The highest BCUT2D eigenvalue weighted by Gasteiger charge is 2.49. The van der Waals surface area contributed by atoms with Gasteiger partial charge < -0.3 is 34.0 Å². The van der Waals surface area contributed by atoms with Gasteiger partial charge in [0, 0.05) is 51.1 Å². The van der Waals surface area contributed by atoms with Crippen molar-refractivity contribution in [2.24, 2.45) is 5.92 Å². The number of carbonyl (C=O) groups excluding carboxylic acids is 2. The van der Waals surface area contributed by atoms with E-state index < -0.39 is 23.8 Å². The van der Waals surface area contributed by atoms with Gasteiger partial charge in [-0.05, 0) is 57.6 Å². The minimum atomic E-state index is -0.943. The lowest BCUT2D eigenvalue weighted by molar-refractivity contribution is -0.144. The molecule has 1 aromatic carbocycles. The van der Waals surface area contributed by atoms with Crippen molar-refractivity contribution >= 4 is 17.8 Å². The molecular formula is C29H44N4O7. The molecule has 4 rings (SSSR count). The number of benzene rings is 1. The van der Waals surface area contributed by atoms with Gasteiger partial charge in [-0.3, -0.25) is 19.3 Å². The summed E-state index contributed by atoms with van der Waals surface area (Å²) >= 11 is 0. The van der Waals surface area contributed by atoms with Crippen LogP contribution < -0.4 is 14.2 Å². The maximum absolute atomic E-state index is 13.7. The predicted molar refractivity (Wildman–Crippen MR) is 149 cm³/mol. The zero-order valence-electron chi connectivity index (χ0n) is 24.3. The zero-order chi connectivity index (χ0) is 28.8. The van der Waals surface area contributed by atoms with Gasteiger partial charge in [0.05, 0.1) is 19.6 Å². The van der Waals surface area contributed by atoms with Crippen LogP contribution in [0.2, 0.25) is 0 Å². The van der Waals surface area contributed by atoms with Gasteiger partial charge >= 0.3 is 5.97 Å². The molecule has 3 atom stereocenters. The molecule has 11 heteroatoms. The Kier molecular flexibility index (Phi) is 10.1. The highest BCUT2D eigenvalue weighted by molar-refractivity contribution is 5.80. The van der Waals surface area contributed by atoms with Crippen LogP contribution in [0.3, 0.4) is 0 Å². The number of aliphatic carboxylic acids is 1. The number of ether oxygens (including phenoxy) is 3. The first-order valence-corrected chi connectivity index (χ1v) is 14.4. The molecule has 11 nitrogen and oxygen atoms in total. The number of amides is 2. The van der Waals surface area contributed by atoms with Crippen LogP contribution >= 0.6 is 0 Å². The maximum atomic E-state index is 13.7. The van der Waals surface area contributed by atoms with Crippen molar-refractivity contribution in [1.29, 1.82) is 0 Å². The second-order valence-electron chi connectivity index (χ2n) is 11.3. The molecule has 1 N–H and O–H groups in total. The molecule has 2 saturated heterocycles. The predicted octanol–water partition coefficient (Wildman–Crippen LogP) is 2.10. The van der Waals surface area contributed by atoms with Gasteiger partial charge in [-0.2, -0.15) is 0 Å². The van der Waals surface area contributed by atoms with E-state index in [0.717, 1.165) is 37.8 Å². The number of nitrogens with zero attached hydrogens (tertiary/aromatic N) is 4. The zero-order valence-corrected chi connectivity index (χ0v) is 24.3. The number of fused-ring (bicyclic) bond motifs is 1. The van der Waals surface area contributed by atoms with E-state index >= 15 is 0 Å². The SMILES string of the molecule is CCCCN(CCCN(C)C)C(=O)CN1C[C@H](c2cc(OC)c3c(c2)OCO3)C(C(=O)O)[C@@H]1CN1CCCC1=O. The van der Waals surface area contributed by atoms with Crippen LogP contribution in [0.15, 0.2) is 12.1 Å². The van der Waals surface area contributed by atoms with E-state index in [1.54, 1.807) is 12.0 Å². The van der Waals surface area contributed by atoms with Crippen LogP contribution in [0.25, 0.3) is 0 Å². The van der Waals surface area contributed by atoms with Crippen molar-refractivity contribution in [2.45, 2.75) is 51.0 Å². The lowest BCUT2D eigenvalue weighted by Crippen LogP contribution is -2.49. The van der Waals surface area contributed by atoms with Gasteiger partial charge in [-0.25, -0.2) is 0 Å². The van der Waals surface area contributed by atoms with E-state index in [-0.39, 0.29) is 31.7 Å². The van der Waals surface area contributed by atoms with E-state index in [4.69, 9.17) is 14.2 Å². The summed E-state index contributed by atoms with van der Waals surface area (Å²) in [5, 5.41) is 10.5. The molecule has 0 saturated carbocycles. The maximum Gasteiger partial charge on any atom is 0.308 e. The van der Waals surface area contributed by atoms with E-state index in [1.807, 2.05) is 36.0 Å². The second-order valence-corrected chi connectivity index (χ2v) is 11.3. The minimum Gasteiger partial charge on any atom is -0.493 e. The fraction of sp³-hybridized carbons (Fsp3) is 0.690. The van der Waals surface area contributed by atoms with Crippen LogP contribution in [-0.4, -0.2) is 122 Å². The van der Waals surface area contributed by atoms with Gasteiger partial charge in [0.1, 0.15) is 0 Å². The van der Waals surface area contributed by atoms with Crippen molar-refractivity contribution in [1.82, 2.24) is 19.6 Å². The van der Waals surface area contributed by atoms with E-state index in [0.29, 0.717) is 49.8 Å². The lowest BCUT2D eigenvalue weighted by atomic mass is 9.84. The number of carboxylic acids is 1. The Morgan fingerprint density at radius 1 is 1.15 bits per heavy atom. The van der Waals surface area contributed by atoms with Crippen molar-refractivity contribution in [3.8, 4) is 17.2 Å². The van der Waals surface area contributed by atoms with Gasteiger partial charge in [-0.15, -0.1) is 0 Å². The normalized spacial score (nSPS) is 22.4. The van der Waals surface area contributed by atoms with E-state index in [2.05, 4.69) is 11.8 Å². The minimum absolute atomic E-state index is 0.00184. The molecule has 3 aliphatic heterocycles. The molecule has 1 unspecified atom stereocenters. The van der Waals surface area contributed by atoms with E-state index in [9.17, 15) is 19.5 Å². The van der Waals surface area contributed by atoms with Gasteiger partial charge in [0.15, 0.2) is 11.5 Å². The smallest absolute Gasteiger partial charge is 0.308 e. The molecule has 2 fully saturated rings. The molecule has 0 radical (unpaired) electrons. The first kappa shape index (κ1) is 29.9. The molecule has 0 bridgehead atoms. The molecular weight excluding hydrogens is 516 g/mol. The Hall–Kier alpha value is -3.05. The summed E-state index contributed by atoms with van der Waals surface area (Å²) in [6.45, 7) is 5.78. The molecule has 3 heterocycles. The van der Waals surface area contributed by atoms with Crippen molar-refractivity contribution in [3.05, 3.63) is 17.7 Å². The van der Waals surface area contributed by atoms with E-state index in [1.165, 1.54) is 0 Å². The van der Waals surface area contributed by atoms with Gasteiger partial charge in [0.25, 0.3) is 0 Å². The Balaban J connectivity index is 1.62. The third kappa shape index (κ3) is 6.80. The highest BCUT2D eigenvalue weighted by atomic mass is 16.7. The summed E-state index contributed by atoms with van der Waals surface area (Å²) in [6.07, 6.45) is 4.00. The summed E-state index contributed by atoms with van der Waals surface area (Å²) in [6, 6.07) is 3.13. The number of rotatable bonds is 14. The highest BCUT2D eigenvalue weighted by Crippen LogP contribution is 2.47. The van der Waals surface area contributed by atoms with Crippen LogP contribution in [0, 0.1) is 5.92 Å². The largest absolute Gasteiger partial charge is 0.493 e. The third-order valence-electron chi connectivity index (χ3n) is 8.23. The van der Waals surface area contributed by atoms with Crippen LogP contribution in [0.4, 0.5) is 0 Å². The van der Waals surface area contributed by atoms with Crippen molar-refractivity contribution in [3.63, 3.8) is 0 Å². The number of hydrogen-bond donors (Lipinski definition) is 1. The molecule has 2 amide bonds. The molecule has 3 aliphatic rings. The summed E-state index contributed by atoms with van der Waals surface area (Å²) in [7, 11) is 5.58. The van der Waals surface area contributed by atoms with Gasteiger partial charge in [-0.1, -0.05) is 13.3 Å². The van der Waals surface area contributed by atoms with Crippen molar-refractivity contribution < 1.29 is 33.7 Å². The number of likely N-dealkylation sites (tertiary alicyclic amines) is 2. The topological polar surface area (TPSA) is 112 Å². The molecule has 0 aromatic heterocycles. The first-order chi connectivity index (χ1) is 19.2. The molecule has 222 valence electrons. The van der Waals surface area contributed by atoms with Crippen LogP contribution in [0.1, 0.15) is 50.5 Å².